The first-order valence-electron chi connectivity index (χ1n) is 6.89. The maximum atomic E-state index is 5.41. The van der Waals surface area contributed by atoms with E-state index in [0.29, 0.717) is 0 Å². The van der Waals surface area contributed by atoms with Crippen LogP contribution in [0.5, 0.6) is 5.75 Å². The summed E-state index contributed by atoms with van der Waals surface area (Å²) in [5.41, 5.74) is 3.29. The average Bonchev–Trinajstić information content (AvgIpc) is 2.40. The zero-order valence-corrected chi connectivity index (χ0v) is 12.6. The Hall–Kier alpha value is -1.13. The molecule has 19 heavy (non-hydrogen) atoms. The number of aryl methyl sites for hydroxylation is 1. The Morgan fingerprint density at radius 3 is 2.63 bits per heavy atom. The van der Waals surface area contributed by atoms with Crippen LogP contribution < -0.4 is 10.1 Å². The van der Waals surface area contributed by atoms with Gasteiger partial charge in [-0.3, -0.25) is 4.98 Å². The number of ether oxygens (including phenoxy) is 2. The predicted octanol–water partition coefficient (Wildman–Crippen LogP) is 2.61. The van der Waals surface area contributed by atoms with Crippen LogP contribution in [-0.2, 0) is 11.3 Å². The number of hydrogen-bond acceptors (Lipinski definition) is 4. The van der Waals surface area contributed by atoms with E-state index in [2.05, 4.69) is 17.2 Å². The Balaban J connectivity index is 2.33. The third-order valence-electron chi connectivity index (χ3n) is 3.24. The lowest BCUT2D eigenvalue weighted by Crippen LogP contribution is -2.17. The van der Waals surface area contributed by atoms with Crippen LogP contribution in [0.3, 0.4) is 0 Å². The molecule has 0 aliphatic rings. The van der Waals surface area contributed by atoms with Crippen molar-refractivity contribution in [1.82, 2.24) is 10.3 Å². The molecule has 4 heteroatoms. The van der Waals surface area contributed by atoms with Gasteiger partial charge in [-0.15, -0.1) is 0 Å². The molecule has 4 nitrogen and oxygen atoms in total. The van der Waals surface area contributed by atoms with Crippen LogP contribution in [0.4, 0.5) is 0 Å². The number of methoxy groups -OCH3 is 2. The molecule has 0 spiro atoms. The zero-order chi connectivity index (χ0) is 14.1. The number of nitrogens with zero attached hydrogens (tertiary/aromatic N) is 1. The molecular weight excluding hydrogens is 240 g/mol. The van der Waals surface area contributed by atoms with Gasteiger partial charge in [-0.25, -0.2) is 0 Å². The highest BCUT2D eigenvalue weighted by molar-refractivity contribution is 5.40. The summed E-state index contributed by atoms with van der Waals surface area (Å²) in [6, 6.07) is 0. The number of unbranched alkanes of at least 4 members (excludes halogenated alkanes) is 2. The Morgan fingerprint density at radius 2 is 1.95 bits per heavy atom. The van der Waals surface area contributed by atoms with Gasteiger partial charge in [0.2, 0.25) is 0 Å². The van der Waals surface area contributed by atoms with Gasteiger partial charge in [0.25, 0.3) is 0 Å². The van der Waals surface area contributed by atoms with E-state index >= 15 is 0 Å². The SMILES string of the molecule is COCCCCCNCc1ncc(C)c(OC)c1C. The Morgan fingerprint density at radius 1 is 1.16 bits per heavy atom. The minimum Gasteiger partial charge on any atom is -0.496 e. The molecule has 1 rings (SSSR count). The van der Waals surface area contributed by atoms with Crippen LogP contribution in [0.1, 0.15) is 36.1 Å². The first-order valence-corrected chi connectivity index (χ1v) is 6.89. The molecule has 0 aliphatic heterocycles. The number of hydrogen-bond donors (Lipinski definition) is 1. The highest BCUT2D eigenvalue weighted by atomic mass is 16.5. The van der Waals surface area contributed by atoms with Gasteiger partial charge in [0, 0.05) is 37.6 Å². The Kier molecular flexibility index (Phi) is 7.45. The van der Waals surface area contributed by atoms with E-state index in [4.69, 9.17) is 9.47 Å². The van der Waals surface area contributed by atoms with Crippen LogP contribution in [0.2, 0.25) is 0 Å². The standard InChI is InChI=1S/C15H26N2O2/c1-12-10-17-14(13(2)15(12)19-4)11-16-8-6-5-7-9-18-3/h10,16H,5-9,11H2,1-4H3. The molecule has 1 aromatic heterocycles. The second-order valence-corrected chi connectivity index (χ2v) is 4.78. The number of aromatic nitrogens is 1. The molecule has 1 aromatic rings. The van der Waals surface area contributed by atoms with Gasteiger partial charge in [-0.05, 0) is 39.7 Å². The molecule has 0 bridgehead atoms. The topological polar surface area (TPSA) is 43.4 Å². The molecule has 0 unspecified atom stereocenters. The third kappa shape index (κ3) is 5.17. The highest BCUT2D eigenvalue weighted by Crippen LogP contribution is 2.23. The van der Waals surface area contributed by atoms with Crippen molar-refractivity contribution in [2.45, 2.75) is 39.7 Å². The van der Waals surface area contributed by atoms with Crippen molar-refractivity contribution in [2.24, 2.45) is 0 Å². The summed E-state index contributed by atoms with van der Waals surface area (Å²) in [6.45, 7) is 6.75. The van der Waals surface area contributed by atoms with Crippen molar-refractivity contribution in [3.05, 3.63) is 23.0 Å². The smallest absolute Gasteiger partial charge is 0.128 e. The molecule has 0 fully saturated rings. The van der Waals surface area contributed by atoms with Gasteiger partial charge in [0.1, 0.15) is 5.75 Å². The number of rotatable bonds is 9. The fourth-order valence-corrected chi connectivity index (χ4v) is 2.13. The monoisotopic (exact) mass is 266 g/mol. The maximum Gasteiger partial charge on any atom is 0.128 e. The number of pyridine rings is 1. The van der Waals surface area contributed by atoms with Crippen molar-refractivity contribution >= 4 is 0 Å². The van der Waals surface area contributed by atoms with E-state index in [9.17, 15) is 0 Å². The van der Waals surface area contributed by atoms with E-state index in [1.54, 1.807) is 14.2 Å². The Bertz CT molecular complexity index is 381. The van der Waals surface area contributed by atoms with E-state index < -0.39 is 0 Å². The van der Waals surface area contributed by atoms with Crippen molar-refractivity contribution in [2.75, 3.05) is 27.4 Å². The quantitative estimate of drug-likeness (QED) is 0.698. The van der Waals surface area contributed by atoms with E-state index in [-0.39, 0.29) is 0 Å². The molecule has 0 aromatic carbocycles. The fourth-order valence-electron chi connectivity index (χ4n) is 2.13. The van der Waals surface area contributed by atoms with Gasteiger partial charge >= 0.3 is 0 Å². The summed E-state index contributed by atoms with van der Waals surface area (Å²) >= 11 is 0. The van der Waals surface area contributed by atoms with Gasteiger partial charge in [-0.2, -0.15) is 0 Å². The molecule has 108 valence electrons. The van der Waals surface area contributed by atoms with E-state index in [1.165, 1.54) is 12.8 Å². The summed E-state index contributed by atoms with van der Waals surface area (Å²) in [5, 5.41) is 3.43. The minimum absolute atomic E-state index is 0.798. The second-order valence-electron chi connectivity index (χ2n) is 4.78. The predicted molar refractivity (Wildman–Crippen MR) is 77.7 cm³/mol. The lowest BCUT2D eigenvalue weighted by atomic mass is 10.1. The molecule has 0 atom stereocenters. The highest BCUT2D eigenvalue weighted by Gasteiger charge is 2.08. The first-order chi connectivity index (χ1) is 9.20. The van der Waals surface area contributed by atoms with Crippen LogP contribution in [-0.4, -0.2) is 32.4 Å². The van der Waals surface area contributed by atoms with E-state index in [0.717, 1.165) is 48.7 Å². The largest absolute Gasteiger partial charge is 0.496 e. The van der Waals surface area contributed by atoms with Gasteiger partial charge in [0.05, 0.1) is 12.8 Å². The molecule has 0 saturated carbocycles. The molecule has 1 heterocycles. The molecule has 0 aliphatic carbocycles. The fraction of sp³-hybridized carbons (Fsp3) is 0.667. The van der Waals surface area contributed by atoms with Crippen LogP contribution in [0, 0.1) is 13.8 Å². The van der Waals surface area contributed by atoms with Gasteiger partial charge in [0.15, 0.2) is 0 Å². The normalized spacial score (nSPS) is 10.7. The average molecular weight is 266 g/mol. The molecule has 0 saturated heterocycles. The second kappa shape index (κ2) is 8.88. The van der Waals surface area contributed by atoms with E-state index in [1.807, 2.05) is 13.1 Å². The Labute approximate surface area is 116 Å². The summed E-state index contributed by atoms with van der Waals surface area (Å²) in [6.07, 6.45) is 5.38. The lowest BCUT2D eigenvalue weighted by molar-refractivity contribution is 0.192. The van der Waals surface area contributed by atoms with Gasteiger partial charge < -0.3 is 14.8 Å². The van der Waals surface area contributed by atoms with Crippen molar-refractivity contribution in [1.29, 1.82) is 0 Å². The summed E-state index contributed by atoms with van der Waals surface area (Å²) in [5.74, 6) is 0.951. The zero-order valence-electron chi connectivity index (χ0n) is 12.6. The summed E-state index contributed by atoms with van der Waals surface area (Å²) in [7, 11) is 3.46. The first kappa shape index (κ1) is 15.9. The molecule has 0 radical (unpaired) electrons. The van der Waals surface area contributed by atoms with Crippen molar-refractivity contribution < 1.29 is 9.47 Å². The van der Waals surface area contributed by atoms with Crippen molar-refractivity contribution in [3.63, 3.8) is 0 Å². The summed E-state index contributed by atoms with van der Waals surface area (Å²) in [4.78, 5) is 4.47. The van der Waals surface area contributed by atoms with Gasteiger partial charge in [-0.1, -0.05) is 0 Å². The molecule has 1 N–H and O–H groups in total. The minimum atomic E-state index is 0.798. The maximum absolute atomic E-state index is 5.41. The lowest BCUT2D eigenvalue weighted by Gasteiger charge is -2.12. The van der Waals surface area contributed by atoms with Crippen LogP contribution in [0.25, 0.3) is 0 Å². The molecular formula is C15H26N2O2. The van der Waals surface area contributed by atoms with Crippen LogP contribution in [0.15, 0.2) is 6.20 Å². The van der Waals surface area contributed by atoms with Crippen LogP contribution >= 0.6 is 0 Å². The van der Waals surface area contributed by atoms with Crippen molar-refractivity contribution in [3.8, 4) is 5.75 Å². The molecule has 0 amide bonds. The summed E-state index contributed by atoms with van der Waals surface area (Å²) < 4.78 is 10.4. The number of nitrogens with one attached hydrogen (secondary N) is 1. The third-order valence-corrected chi connectivity index (χ3v) is 3.24.